The molecule has 5 heteroatoms. The van der Waals surface area contributed by atoms with Gasteiger partial charge in [-0.2, -0.15) is 0 Å². The summed E-state index contributed by atoms with van der Waals surface area (Å²) in [6.07, 6.45) is 7.48. The van der Waals surface area contributed by atoms with E-state index in [1.807, 2.05) is 6.92 Å². The molecule has 5 fully saturated rings. The lowest BCUT2D eigenvalue weighted by atomic mass is 9.35. The molecular formula is C23H36O5. The molecule has 0 aromatic rings. The molecule has 1 spiro atoms. The van der Waals surface area contributed by atoms with Gasteiger partial charge in [0.1, 0.15) is 12.4 Å². The molecular weight excluding hydrogens is 356 g/mol. The third kappa shape index (κ3) is 2.64. The monoisotopic (exact) mass is 392 g/mol. The summed E-state index contributed by atoms with van der Waals surface area (Å²) in [5.74, 6) is 0.837. The van der Waals surface area contributed by atoms with E-state index in [2.05, 4.69) is 6.92 Å². The number of carbonyl (C=O) groups excluding carboxylic acids is 2. The second kappa shape index (κ2) is 6.53. The van der Waals surface area contributed by atoms with Crippen LogP contribution in [-0.2, 0) is 14.3 Å². The summed E-state index contributed by atoms with van der Waals surface area (Å²) in [6, 6.07) is 0. The number of aliphatic hydroxyl groups is 2. The van der Waals surface area contributed by atoms with Gasteiger partial charge in [-0.1, -0.05) is 13.8 Å². The van der Waals surface area contributed by atoms with Crippen molar-refractivity contribution in [1.29, 1.82) is 0 Å². The van der Waals surface area contributed by atoms with Gasteiger partial charge in [-0.15, -0.1) is 0 Å². The number of Topliss-reactive ketones (excluding diaryl/α,β-unsaturated/α-hetero) is 1. The molecule has 5 aliphatic carbocycles. The van der Waals surface area contributed by atoms with Crippen LogP contribution in [0.1, 0.15) is 78.6 Å². The molecule has 2 N–H and O–H groups in total. The normalized spacial score (nSPS) is 50.0. The lowest BCUT2D eigenvalue weighted by Gasteiger charge is -2.69. The van der Waals surface area contributed by atoms with Crippen LogP contribution in [0.25, 0.3) is 0 Å². The quantitative estimate of drug-likeness (QED) is 0.718. The minimum Gasteiger partial charge on any atom is -0.465 e. The Morgan fingerprint density at radius 1 is 1.18 bits per heavy atom. The van der Waals surface area contributed by atoms with E-state index in [-0.39, 0.29) is 47.6 Å². The Morgan fingerprint density at radius 3 is 2.57 bits per heavy atom. The highest BCUT2D eigenvalue weighted by Crippen LogP contribution is 2.72. The molecule has 0 saturated heterocycles. The number of carbonyl (C=O) groups is 2. The van der Waals surface area contributed by atoms with Crippen LogP contribution in [0, 0.1) is 34.0 Å². The zero-order valence-corrected chi connectivity index (χ0v) is 17.6. The lowest BCUT2D eigenvalue weighted by Crippen LogP contribution is -2.67. The molecule has 0 radical (unpaired) electrons. The van der Waals surface area contributed by atoms with Gasteiger partial charge in [-0.3, -0.25) is 9.59 Å². The lowest BCUT2D eigenvalue weighted by molar-refractivity contribution is -0.243. The van der Waals surface area contributed by atoms with Gasteiger partial charge in [-0.05, 0) is 80.5 Å². The number of aliphatic hydroxyl groups excluding tert-OH is 1. The van der Waals surface area contributed by atoms with Gasteiger partial charge in [0.15, 0.2) is 0 Å². The topological polar surface area (TPSA) is 83.8 Å². The van der Waals surface area contributed by atoms with Crippen LogP contribution in [0.2, 0.25) is 0 Å². The van der Waals surface area contributed by atoms with Gasteiger partial charge in [-0.25, -0.2) is 0 Å². The van der Waals surface area contributed by atoms with Crippen molar-refractivity contribution in [3.8, 4) is 0 Å². The van der Waals surface area contributed by atoms with Crippen molar-refractivity contribution >= 4 is 11.8 Å². The number of ketones is 1. The smallest absolute Gasteiger partial charge is 0.305 e. The zero-order valence-electron chi connectivity index (χ0n) is 17.6. The number of ether oxygens (including phenoxy) is 1. The summed E-state index contributed by atoms with van der Waals surface area (Å²) in [4.78, 5) is 24.8. The van der Waals surface area contributed by atoms with E-state index in [0.717, 1.165) is 38.5 Å². The molecule has 28 heavy (non-hydrogen) atoms. The highest BCUT2D eigenvalue weighted by Gasteiger charge is 2.68. The molecule has 0 aliphatic heterocycles. The molecule has 5 saturated carbocycles. The first kappa shape index (κ1) is 20.3. The number of hydrogen-bond donors (Lipinski definition) is 2. The Bertz CT molecular complexity index is 676. The molecule has 0 heterocycles. The third-order valence-corrected chi connectivity index (χ3v) is 9.58. The second-order valence-electron chi connectivity index (χ2n) is 10.8. The average Bonchev–Trinajstić information content (AvgIpc) is 2.69. The van der Waals surface area contributed by atoms with Crippen molar-refractivity contribution in [3.05, 3.63) is 0 Å². The van der Waals surface area contributed by atoms with E-state index in [4.69, 9.17) is 4.74 Å². The minimum absolute atomic E-state index is 0.0228. The maximum absolute atomic E-state index is 13.0. The standard InChI is InChI=1S/C23H36O5/c1-4-19(26)28-14-21(3)16-6-10-22-9-5-15(23(27,12-22)13-24)11-17(22)20(16,2)8-7-18(21)25/h15-17,24,27H,4-14H2,1-3H3/t15-,16-,17-,20+,21-,22+,23+/m0/s1. The highest BCUT2D eigenvalue weighted by atomic mass is 16.5. The maximum atomic E-state index is 13.0. The molecule has 2 bridgehead atoms. The second-order valence-corrected chi connectivity index (χ2v) is 10.8. The Hall–Kier alpha value is -0.940. The van der Waals surface area contributed by atoms with E-state index < -0.39 is 11.0 Å². The van der Waals surface area contributed by atoms with Crippen molar-refractivity contribution in [2.75, 3.05) is 13.2 Å². The SMILES string of the molecule is CCC(=O)OC[C@]1(C)C(=O)CC[C@@]2(C)[C@@H]3C[C@@H]4CC[C@@]3(CC[C@@H]21)C[C@@]4(O)CO. The van der Waals surface area contributed by atoms with Crippen LogP contribution < -0.4 is 0 Å². The Morgan fingerprint density at radius 2 is 1.89 bits per heavy atom. The fourth-order valence-corrected chi connectivity index (χ4v) is 8.06. The molecule has 5 rings (SSSR count). The molecule has 0 unspecified atom stereocenters. The van der Waals surface area contributed by atoms with Crippen LogP contribution in [0.15, 0.2) is 0 Å². The number of esters is 1. The van der Waals surface area contributed by atoms with Crippen LogP contribution in [-0.4, -0.2) is 40.8 Å². The highest BCUT2D eigenvalue weighted by molar-refractivity contribution is 5.86. The summed E-state index contributed by atoms with van der Waals surface area (Å²) < 4.78 is 5.51. The van der Waals surface area contributed by atoms with Crippen molar-refractivity contribution in [3.63, 3.8) is 0 Å². The fraction of sp³-hybridized carbons (Fsp3) is 0.913. The fourth-order valence-electron chi connectivity index (χ4n) is 8.06. The van der Waals surface area contributed by atoms with Crippen molar-refractivity contribution < 1.29 is 24.5 Å². The largest absolute Gasteiger partial charge is 0.465 e. The average molecular weight is 393 g/mol. The summed E-state index contributed by atoms with van der Waals surface area (Å²) in [5.41, 5.74) is -1.43. The van der Waals surface area contributed by atoms with E-state index in [9.17, 15) is 19.8 Å². The van der Waals surface area contributed by atoms with Gasteiger partial charge in [0.2, 0.25) is 0 Å². The van der Waals surface area contributed by atoms with Gasteiger partial charge >= 0.3 is 5.97 Å². The van der Waals surface area contributed by atoms with Crippen LogP contribution >= 0.6 is 0 Å². The van der Waals surface area contributed by atoms with Crippen LogP contribution in [0.5, 0.6) is 0 Å². The first-order valence-electron chi connectivity index (χ1n) is 11.2. The summed E-state index contributed by atoms with van der Waals surface area (Å²) in [6.45, 7) is 6.21. The Labute approximate surface area is 168 Å². The number of fused-ring (bicyclic) bond motifs is 3. The van der Waals surface area contributed by atoms with Gasteiger partial charge < -0.3 is 14.9 Å². The van der Waals surface area contributed by atoms with Gasteiger partial charge in [0, 0.05) is 12.8 Å². The van der Waals surface area contributed by atoms with Crippen LogP contribution in [0.3, 0.4) is 0 Å². The van der Waals surface area contributed by atoms with E-state index in [1.54, 1.807) is 6.92 Å². The molecule has 0 aromatic heterocycles. The molecule has 5 nitrogen and oxygen atoms in total. The Kier molecular flexibility index (Phi) is 4.74. The summed E-state index contributed by atoms with van der Waals surface area (Å²) in [5, 5.41) is 20.9. The van der Waals surface area contributed by atoms with E-state index >= 15 is 0 Å². The van der Waals surface area contributed by atoms with E-state index in [0.29, 0.717) is 25.2 Å². The minimum atomic E-state index is -0.928. The maximum Gasteiger partial charge on any atom is 0.305 e. The van der Waals surface area contributed by atoms with Gasteiger partial charge in [0.25, 0.3) is 0 Å². The van der Waals surface area contributed by atoms with Gasteiger partial charge in [0.05, 0.1) is 17.6 Å². The molecule has 0 aromatic carbocycles. The predicted molar refractivity (Wildman–Crippen MR) is 104 cm³/mol. The van der Waals surface area contributed by atoms with Crippen molar-refractivity contribution in [1.82, 2.24) is 0 Å². The summed E-state index contributed by atoms with van der Waals surface area (Å²) in [7, 11) is 0. The van der Waals surface area contributed by atoms with Crippen molar-refractivity contribution in [2.24, 2.45) is 34.0 Å². The Balaban J connectivity index is 1.65. The third-order valence-electron chi connectivity index (χ3n) is 9.58. The van der Waals surface area contributed by atoms with E-state index in [1.165, 1.54) is 0 Å². The van der Waals surface area contributed by atoms with Crippen molar-refractivity contribution in [2.45, 2.75) is 84.2 Å². The van der Waals surface area contributed by atoms with Crippen LogP contribution in [0.4, 0.5) is 0 Å². The zero-order chi connectivity index (χ0) is 20.4. The molecule has 0 amide bonds. The molecule has 7 atom stereocenters. The first-order valence-corrected chi connectivity index (χ1v) is 11.2. The number of hydrogen-bond acceptors (Lipinski definition) is 5. The predicted octanol–water partition coefficient (Wildman–Crippen LogP) is 3.25. The summed E-state index contributed by atoms with van der Waals surface area (Å²) >= 11 is 0. The molecule has 158 valence electrons. The molecule has 5 aliphatic rings. The number of rotatable bonds is 4. The first-order chi connectivity index (χ1) is 13.1.